The molecule has 1 aromatic heterocycles. The van der Waals surface area contributed by atoms with Crippen LogP contribution in [0.2, 0.25) is 0 Å². The molecule has 4 rings (SSSR count). The lowest BCUT2D eigenvalue weighted by Gasteiger charge is -2.32. The van der Waals surface area contributed by atoms with Crippen molar-refractivity contribution < 1.29 is 14.7 Å². The van der Waals surface area contributed by atoms with Crippen LogP contribution in [0, 0.1) is 12.8 Å². The number of hydrogen-bond donors (Lipinski definition) is 2. The molecular formula is C24H26N4O3. The topological polar surface area (TPSA) is 87.5 Å². The Morgan fingerprint density at radius 3 is 2.71 bits per heavy atom. The quantitative estimate of drug-likeness (QED) is 0.666. The second kappa shape index (κ2) is 9.14. The van der Waals surface area contributed by atoms with Crippen LogP contribution < -0.4 is 5.32 Å². The summed E-state index contributed by atoms with van der Waals surface area (Å²) in [5.41, 5.74) is 3.10. The first-order valence-corrected chi connectivity index (χ1v) is 10.5. The Labute approximate surface area is 181 Å². The molecule has 0 radical (unpaired) electrons. The number of carbonyl (C=O) groups excluding carboxylic acids is 2. The third-order valence-corrected chi connectivity index (χ3v) is 5.55. The number of carbonyl (C=O) groups is 2. The van der Waals surface area contributed by atoms with Crippen LogP contribution in [-0.4, -0.2) is 51.3 Å². The molecule has 0 saturated carbocycles. The number of nitrogens with zero attached hydrogens (tertiary/aromatic N) is 3. The van der Waals surface area contributed by atoms with E-state index in [-0.39, 0.29) is 24.3 Å². The number of aryl methyl sites for hydroxylation is 1. The summed E-state index contributed by atoms with van der Waals surface area (Å²) < 4.78 is 1.72. The predicted octanol–water partition coefficient (Wildman–Crippen LogP) is 3.28. The SMILES string of the molecule is Cc1cc(C(=O)Nc2cccc(C(=O)N3CCC[C@@H](CO)C3)c2)nn1-c1ccccc1. The van der Waals surface area contributed by atoms with Crippen LogP contribution in [0.5, 0.6) is 0 Å². The lowest BCUT2D eigenvalue weighted by atomic mass is 9.98. The van der Waals surface area contributed by atoms with E-state index in [2.05, 4.69) is 10.4 Å². The van der Waals surface area contributed by atoms with Gasteiger partial charge in [0.15, 0.2) is 5.69 Å². The average molecular weight is 418 g/mol. The van der Waals surface area contributed by atoms with Crippen LogP contribution in [0.3, 0.4) is 0 Å². The molecule has 1 fully saturated rings. The molecule has 1 aliphatic rings. The normalized spacial score (nSPS) is 16.2. The molecule has 1 saturated heterocycles. The molecule has 0 bridgehead atoms. The van der Waals surface area contributed by atoms with Crippen molar-refractivity contribution in [1.29, 1.82) is 0 Å². The smallest absolute Gasteiger partial charge is 0.276 e. The van der Waals surface area contributed by atoms with Gasteiger partial charge in [0.05, 0.1) is 5.69 Å². The van der Waals surface area contributed by atoms with Crippen LogP contribution in [0.25, 0.3) is 5.69 Å². The molecule has 31 heavy (non-hydrogen) atoms. The maximum atomic E-state index is 12.9. The Morgan fingerprint density at radius 1 is 1.13 bits per heavy atom. The van der Waals surface area contributed by atoms with Crippen molar-refractivity contribution in [3.05, 3.63) is 77.6 Å². The zero-order chi connectivity index (χ0) is 21.8. The standard InChI is InChI=1S/C24H26N4O3/c1-17-13-22(26-28(17)21-10-3-2-4-11-21)23(30)25-20-9-5-8-19(14-20)24(31)27-12-6-7-18(15-27)16-29/h2-5,8-11,13-14,18,29H,6-7,12,15-16H2,1H3,(H,25,30)/t18-/m1/s1. The van der Waals surface area contributed by atoms with Gasteiger partial charge in [0.1, 0.15) is 0 Å². The van der Waals surface area contributed by atoms with Crippen molar-refractivity contribution in [2.75, 3.05) is 25.0 Å². The summed E-state index contributed by atoms with van der Waals surface area (Å²) >= 11 is 0. The number of piperidine rings is 1. The van der Waals surface area contributed by atoms with Crippen LogP contribution in [0.15, 0.2) is 60.7 Å². The minimum atomic E-state index is -0.333. The Kier molecular flexibility index (Phi) is 6.13. The van der Waals surface area contributed by atoms with Gasteiger partial charge in [-0.25, -0.2) is 4.68 Å². The molecule has 1 atom stereocenters. The highest BCUT2D eigenvalue weighted by Crippen LogP contribution is 2.20. The van der Waals surface area contributed by atoms with Gasteiger partial charge in [-0.15, -0.1) is 0 Å². The summed E-state index contributed by atoms with van der Waals surface area (Å²) in [4.78, 5) is 27.4. The zero-order valence-electron chi connectivity index (χ0n) is 17.5. The number of rotatable bonds is 5. The Morgan fingerprint density at radius 2 is 1.94 bits per heavy atom. The number of amides is 2. The summed E-state index contributed by atoms with van der Waals surface area (Å²) in [6.07, 6.45) is 1.82. The summed E-state index contributed by atoms with van der Waals surface area (Å²) in [5.74, 6) is -0.289. The Balaban J connectivity index is 1.48. The fraction of sp³-hybridized carbons (Fsp3) is 0.292. The number of para-hydroxylation sites is 1. The third-order valence-electron chi connectivity index (χ3n) is 5.55. The van der Waals surface area contributed by atoms with Gasteiger partial charge in [-0.05, 0) is 62.1 Å². The van der Waals surface area contributed by atoms with Gasteiger partial charge in [-0.1, -0.05) is 24.3 Å². The molecule has 0 spiro atoms. The maximum Gasteiger partial charge on any atom is 0.276 e. The first-order chi connectivity index (χ1) is 15.0. The van der Waals surface area contributed by atoms with Crippen LogP contribution in [-0.2, 0) is 0 Å². The van der Waals surface area contributed by atoms with Crippen molar-refractivity contribution in [2.24, 2.45) is 5.92 Å². The van der Waals surface area contributed by atoms with Crippen LogP contribution >= 0.6 is 0 Å². The van der Waals surface area contributed by atoms with Gasteiger partial charge in [-0.3, -0.25) is 9.59 Å². The number of hydrogen-bond acceptors (Lipinski definition) is 4. The largest absolute Gasteiger partial charge is 0.396 e. The fourth-order valence-electron chi connectivity index (χ4n) is 3.92. The first-order valence-electron chi connectivity index (χ1n) is 10.5. The van der Waals surface area contributed by atoms with E-state index in [0.717, 1.165) is 24.2 Å². The molecular weight excluding hydrogens is 392 g/mol. The number of aliphatic hydroxyl groups excluding tert-OH is 1. The van der Waals surface area contributed by atoms with Crippen molar-refractivity contribution >= 4 is 17.5 Å². The number of benzene rings is 2. The molecule has 2 aromatic carbocycles. The molecule has 0 unspecified atom stereocenters. The number of anilines is 1. The molecule has 2 N–H and O–H groups in total. The molecule has 2 heterocycles. The second-order valence-electron chi connectivity index (χ2n) is 7.90. The van der Waals surface area contributed by atoms with Crippen LogP contribution in [0.4, 0.5) is 5.69 Å². The number of aromatic nitrogens is 2. The molecule has 0 aliphatic carbocycles. The highest BCUT2D eigenvalue weighted by atomic mass is 16.3. The summed E-state index contributed by atoms with van der Waals surface area (Å²) in [7, 11) is 0. The molecule has 7 nitrogen and oxygen atoms in total. The zero-order valence-corrected chi connectivity index (χ0v) is 17.5. The van der Waals surface area contributed by atoms with Gasteiger partial charge >= 0.3 is 0 Å². The predicted molar refractivity (Wildman–Crippen MR) is 118 cm³/mol. The van der Waals surface area contributed by atoms with Gasteiger partial charge in [0.2, 0.25) is 0 Å². The Bertz CT molecular complexity index is 1080. The van der Waals surface area contributed by atoms with E-state index >= 15 is 0 Å². The highest BCUT2D eigenvalue weighted by Gasteiger charge is 2.24. The number of nitrogens with one attached hydrogen (secondary N) is 1. The van der Waals surface area contributed by atoms with Crippen molar-refractivity contribution in [1.82, 2.24) is 14.7 Å². The fourth-order valence-corrected chi connectivity index (χ4v) is 3.92. The maximum absolute atomic E-state index is 12.9. The monoisotopic (exact) mass is 418 g/mol. The highest BCUT2D eigenvalue weighted by molar-refractivity contribution is 6.04. The summed E-state index contributed by atoms with van der Waals surface area (Å²) in [6.45, 7) is 3.23. The molecule has 2 amide bonds. The van der Waals surface area contributed by atoms with E-state index in [0.29, 0.717) is 30.0 Å². The van der Waals surface area contributed by atoms with Crippen LogP contribution in [0.1, 0.15) is 39.4 Å². The van der Waals surface area contributed by atoms with E-state index in [9.17, 15) is 14.7 Å². The molecule has 3 aromatic rings. The van der Waals surface area contributed by atoms with Crippen molar-refractivity contribution in [3.8, 4) is 5.69 Å². The minimum absolute atomic E-state index is 0.0848. The number of likely N-dealkylation sites (tertiary alicyclic amines) is 1. The first kappa shape index (κ1) is 20.8. The van der Waals surface area contributed by atoms with E-state index in [1.54, 1.807) is 39.9 Å². The van der Waals surface area contributed by atoms with Crippen molar-refractivity contribution in [3.63, 3.8) is 0 Å². The van der Waals surface area contributed by atoms with Gasteiger partial charge in [0, 0.05) is 36.6 Å². The third kappa shape index (κ3) is 4.67. The summed E-state index contributed by atoms with van der Waals surface area (Å²) in [6, 6.07) is 18.3. The van der Waals surface area contributed by atoms with E-state index in [1.807, 2.05) is 37.3 Å². The van der Waals surface area contributed by atoms with Gasteiger partial charge in [0.25, 0.3) is 11.8 Å². The minimum Gasteiger partial charge on any atom is -0.396 e. The Hall–Kier alpha value is -3.45. The van der Waals surface area contributed by atoms with Gasteiger partial charge in [-0.2, -0.15) is 5.10 Å². The second-order valence-corrected chi connectivity index (χ2v) is 7.90. The number of aliphatic hydroxyl groups is 1. The lowest BCUT2D eigenvalue weighted by molar-refractivity contribution is 0.0620. The average Bonchev–Trinajstić information content (AvgIpc) is 3.21. The molecule has 160 valence electrons. The summed E-state index contributed by atoms with van der Waals surface area (Å²) in [5, 5.41) is 16.7. The lowest BCUT2D eigenvalue weighted by Crippen LogP contribution is -2.40. The van der Waals surface area contributed by atoms with E-state index in [4.69, 9.17) is 0 Å². The van der Waals surface area contributed by atoms with Crippen molar-refractivity contribution in [2.45, 2.75) is 19.8 Å². The van der Waals surface area contributed by atoms with E-state index in [1.165, 1.54) is 0 Å². The molecule has 7 heteroatoms. The van der Waals surface area contributed by atoms with E-state index < -0.39 is 0 Å². The molecule has 1 aliphatic heterocycles. The van der Waals surface area contributed by atoms with Gasteiger partial charge < -0.3 is 15.3 Å².